The van der Waals surface area contributed by atoms with Gasteiger partial charge in [-0.1, -0.05) is 39.7 Å². The summed E-state index contributed by atoms with van der Waals surface area (Å²) in [6.07, 6.45) is 3.12. The summed E-state index contributed by atoms with van der Waals surface area (Å²) in [5.41, 5.74) is 1.17. The first kappa shape index (κ1) is 30.0. The van der Waals surface area contributed by atoms with Crippen LogP contribution in [0.2, 0.25) is 0 Å². The van der Waals surface area contributed by atoms with Gasteiger partial charge in [0, 0.05) is 18.7 Å². The molecule has 39 heavy (non-hydrogen) atoms. The first-order valence-electron chi connectivity index (χ1n) is 13.9. The minimum absolute atomic E-state index is 0.0591. The van der Waals surface area contributed by atoms with E-state index in [-0.39, 0.29) is 11.3 Å². The Kier molecular flexibility index (Phi) is 11.2. The smallest absolute Gasteiger partial charge is 0.295 e. The first-order chi connectivity index (χ1) is 18.9. The topological polar surface area (TPSA) is 88.5 Å². The number of ether oxygens (including phenoxy) is 3. The molecule has 8 nitrogen and oxygen atoms in total. The summed E-state index contributed by atoms with van der Waals surface area (Å²) in [5, 5.41) is 11.4. The number of nitrogens with zero attached hydrogens (tertiary/aromatic N) is 2. The fraction of sp³-hybridized carbons (Fsp3) is 0.484. The lowest BCUT2D eigenvalue weighted by Gasteiger charge is -2.28. The van der Waals surface area contributed by atoms with E-state index in [1.165, 1.54) is 0 Å². The van der Waals surface area contributed by atoms with Crippen LogP contribution >= 0.6 is 0 Å². The number of likely N-dealkylation sites (tertiary alicyclic amines) is 1. The number of hydrogen-bond donors (Lipinski definition) is 1. The highest BCUT2D eigenvalue weighted by molar-refractivity contribution is 6.46. The average molecular weight is 539 g/mol. The summed E-state index contributed by atoms with van der Waals surface area (Å²) in [7, 11) is 1.56. The highest BCUT2D eigenvalue weighted by Gasteiger charge is 2.46. The van der Waals surface area contributed by atoms with Gasteiger partial charge in [0.2, 0.25) is 0 Å². The standard InChI is InChI=1S/C31H42N2O6/c1-6-10-11-20-39-25-17-14-23(21-26(25)38-9-4)28-27(29(34)22-12-15-24(37-5)16-13-22)30(35)31(36)33(28)19-18-32(7-2)8-3/h12-17,21,28,34H,6-11,18-20H2,1-5H3/b29-27+. The zero-order valence-electron chi connectivity index (χ0n) is 23.9. The van der Waals surface area contributed by atoms with Crippen molar-refractivity contribution in [2.45, 2.75) is 53.0 Å². The normalized spacial score (nSPS) is 16.7. The van der Waals surface area contributed by atoms with Crippen molar-refractivity contribution in [3.05, 3.63) is 59.2 Å². The van der Waals surface area contributed by atoms with E-state index in [1.807, 2.05) is 25.1 Å². The number of unbranched alkanes of at least 4 members (excludes halogenated alkanes) is 2. The van der Waals surface area contributed by atoms with Gasteiger partial charge in [0.1, 0.15) is 11.5 Å². The van der Waals surface area contributed by atoms with Crippen LogP contribution in [-0.2, 0) is 9.59 Å². The number of hydrogen-bond acceptors (Lipinski definition) is 7. The molecule has 0 saturated carbocycles. The summed E-state index contributed by atoms with van der Waals surface area (Å²) >= 11 is 0. The van der Waals surface area contributed by atoms with Crippen LogP contribution in [0.25, 0.3) is 5.76 Å². The van der Waals surface area contributed by atoms with Crippen molar-refractivity contribution >= 4 is 17.4 Å². The van der Waals surface area contributed by atoms with Gasteiger partial charge in [-0.15, -0.1) is 0 Å². The van der Waals surface area contributed by atoms with Crippen molar-refractivity contribution < 1.29 is 28.9 Å². The van der Waals surface area contributed by atoms with Crippen LogP contribution in [0.15, 0.2) is 48.0 Å². The highest BCUT2D eigenvalue weighted by Crippen LogP contribution is 2.42. The van der Waals surface area contributed by atoms with Crippen LogP contribution in [0.1, 0.15) is 64.1 Å². The Hall–Kier alpha value is -3.52. The van der Waals surface area contributed by atoms with Gasteiger partial charge in [-0.25, -0.2) is 0 Å². The van der Waals surface area contributed by atoms with Crippen molar-refractivity contribution in [1.29, 1.82) is 0 Å². The number of benzene rings is 2. The lowest BCUT2D eigenvalue weighted by atomic mass is 9.95. The van der Waals surface area contributed by atoms with E-state index in [0.29, 0.717) is 54.7 Å². The molecule has 1 atom stereocenters. The van der Waals surface area contributed by atoms with Gasteiger partial charge in [0.25, 0.3) is 11.7 Å². The monoisotopic (exact) mass is 538 g/mol. The molecule has 1 aliphatic heterocycles. The second-order valence-corrected chi connectivity index (χ2v) is 9.44. The third-order valence-corrected chi connectivity index (χ3v) is 7.04. The van der Waals surface area contributed by atoms with E-state index in [4.69, 9.17) is 14.2 Å². The molecule has 212 valence electrons. The van der Waals surface area contributed by atoms with Crippen molar-refractivity contribution in [3.8, 4) is 17.2 Å². The fourth-order valence-electron chi connectivity index (χ4n) is 4.77. The third kappa shape index (κ3) is 7.12. The predicted octanol–water partition coefficient (Wildman–Crippen LogP) is 5.43. The Morgan fingerprint density at radius 3 is 2.28 bits per heavy atom. The Bertz CT molecular complexity index is 1140. The number of rotatable bonds is 15. The largest absolute Gasteiger partial charge is 0.507 e. The van der Waals surface area contributed by atoms with E-state index in [2.05, 4.69) is 25.7 Å². The predicted molar refractivity (Wildman–Crippen MR) is 152 cm³/mol. The maximum Gasteiger partial charge on any atom is 0.295 e. The molecular formula is C31H42N2O6. The number of amides is 1. The van der Waals surface area contributed by atoms with E-state index < -0.39 is 17.7 Å². The number of carbonyl (C=O) groups excluding carboxylic acids is 2. The third-order valence-electron chi connectivity index (χ3n) is 7.04. The number of likely N-dealkylation sites (N-methyl/N-ethyl adjacent to an activating group) is 1. The number of aliphatic hydroxyl groups excluding tert-OH is 1. The second kappa shape index (κ2) is 14.6. The molecule has 2 aromatic carbocycles. The van der Waals surface area contributed by atoms with Crippen LogP contribution in [0.3, 0.4) is 0 Å². The molecule has 1 aliphatic rings. The van der Waals surface area contributed by atoms with E-state index in [0.717, 1.165) is 32.4 Å². The minimum atomic E-state index is -0.768. The van der Waals surface area contributed by atoms with Crippen LogP contribution in [0.4, 0.5) is 0 Å². The Labute approximate surface area is 232 Å². The number of carbonyl (C=O) groups is 2. The molecule has 8 heteroatoms. The Morgan fingerprint density at radius 1 is 0.949 bits per heavy atom. The number of ketones is 1. The zero-order chi connectivity index (χ0) is 28.4. The highest BCUT2D eigenvalue weighted by atomic mass is 16.5. The van der Waals surface area contributed by atoms with E-state index >= 15 is 0 Å². The lowest BCUT2D eigenvalue weighted by molar-refractivity contribution is -0.140. The molecule has 3 rings (SSSR count). The van der Waals surface area contributed by atoms with Crippen LogP contribution in [0.5, 0.6) is 17.2 Å². The molecule has 0 spiro atoms. The SMILES string of the molecule is CCCCCOc1ccc(C2/C(=C(\O)c3ccc(OC)cc3)C(=O)C(=O)N2CCN(CC)CC)cc1OCC. The molecule has 0 bridgehead atoms. The van der Waals surface area contributed by atoms with E-state index in [1.54, 1.807) is 36.3 Å². The maximum absolute atomic E-state index is 13.4. The van der Waals surface area contributed by atoms with Gasteiger partial charge in [-0.3, -0.25) is 9.59 Å². The van der Waals surface area contributed by atoms with Crippen molar-refractivity contribution in [3.63, 3.8) is 0 Å². The molecule has 2 aromatic rings. The van der Waals surface area contributed by atoms with Crippen molar-refractivity contribution in [2.24, 2.45) is 0 Å². The van der Waals surface area contributed by atoms with Crippen molar-refractivity contribution in [2.75, 3.05) is 46.5 Å². The molecule has 1 amide bonds. The molecule has 1 saturated heterocycles. The summed E-state index contributed by atoms with van der Waals surface area (Å²) in [4.78, 5) is 30.5. The van der Waals surface area contributed by atoms with Gasteiger partial charge in [-0.2, -0.15) is 0 Å². The first-order valence-corrected chi connectivity index (χ1v) is 13.9. The average Bonchev–Trinajstić information content (AvgIpc) is 3.21. The molecule has 0 aliphatic carbocycles. The van der Waals surface area contributed by atoms with Crippen LogP contribution < -0.4 is 14.2 Å². The Morgan fingerprint density at radius 2 is 1.67 bits per heavy atom. The summed E-state index contributed by atoms with van der Waals surface area (Å²) in [5.74, 6) is 0.242. The summed E-state index contributed by atoms with van der Waals surface area (Å²) in [6.45, 7) is 11.8. The van der Waals surface area contributed by atoms with Crippen LogP contribution in [-0.4, -0.2) is 73.1 Å². The van der Waals surface area contributed by atoms with Crippen molar-refractivity contribution in [1.82, 2.24) is 9.80 Å². The zero-order valence-corrected chi connectivity index (χ0v) is 23.9. The summed E-state index contributed by atoms with van der Waals surface area (Å²) in [6, 6.07) is 11.5. The second-order valence-electron chi connectivity index (χ2n) is 9.44. The van der Waals surface area contributed by atoms with E-state index in [9.17, 15) is 14.7 Å². The molecule has 0 radical (unpaired) electrons. The number of methoxy groups -OCH3 is 1. The molecular weight excluding hydrogens is 496 g/mol. The maximum atomic E-state index is 13.4. The van der Waals surface area contributed by atoms with Gasteiger partial charge in [-0.05, 0) is 68.4 Å². The minimum Gasteiger partial charge on any atom is -0.507 e. The molecule has 1 heterocycles. The van der Waals surface area contributed by atoms with Crippen LogP contribution in [0, 0.1) is 0 Å². The fourth-order valence-corrected chi connectivity index (χ4v) is 4.77. The van der Waals surface area contributed by atoms with Gasteiger partial charge < -0.3 is 29.1 Å². The number of aliphatic hydroxyl groups is 1. The van der Waals surface area contributed by atoms with Gasteiger partial charge >= 0.3 is 0 Å². The molecule has 1 unspecified atom stereocenters. The molecule has 0 aromatic heterocycles. The molecule has 1 fully saturated rings. The van der Waals surface area contributed by atoms with Gasteiger partial charge in [0.15, 0.2) is 11.5 Å². The van der Waals surface area contributed by atoms with Gasteiger partial charge in [0.05, 0.1) is 31.9 Å². The lowest BCUT2D eigenvalue weighted by Crippen LogP contribution is -2.38. The number of Topliss-reactive ketones (excluding diaryl/α,β-unsaturated/α-hetero) is 1. The summed E-state index contributed by atoms with van der Waals surface area (Å²) < 4.78 is 17.1. The molecule has 1 N–H and O–H groups in total. The quantitative estimate of drug-likeness (QED) is 0.140. The Balaban J connectivity index is 2.08.